The van der Waals surface area contributed by atoms with Crippen LogP contribution in [0.2, 0.25) is 0 Å². The van der Waals surface area contributed by atoms with Gasteiger partial charge in [0.2, 0.25) is 0 Å². The SMILES string of the molecule is CC(=O)OCCc1ccc(Cc2c(C)cc(C)cc2O)cc1. The van der Waals surface area contributed by atoms with Gasteiger partial charge in [-0.3, -0.25) is 4.79 Å². The van der Waals surface area contributed by atoms with Crippen LogP contribution in [0.5, 0.6) is 5.75 Å². The molecule has 3 heteroatoms. The number of hydrogen-bond acceptors (Lipinski definition) is 3. The largest absolute Gasteiger partial charge is 0.508 e. The van der Waals surface area contributed by atoms with Crippen LogP contribution in [0.15, 0.2) is 36.4 Å². The normalized spacial score (nSPS) is 10.5. The van der Waals surface area contributed by atoms with E-state index < -0.39 is 0 Å². The predicted molar refractivity (Wildman–Crippen MR) is 87.2 cm³/mol. The van der Waals surface area contributed by atoms with Gasteiger partial charge in [0.25, 0.3) is 0 Å². The van der Waals surface area contributed by atoms with Gasteiger partial charge in [-0.2, -0.15) is 0 Å². The second-order valence-corrected chi connectivity index (χ2v) is 5.66. The quantitative estimate of drug-likeness (QED) is 0.856. The minimum atomic E-state index is -0.248. The summed E-state index contributed by atoms with van der Waals surface area (Å²) in [5.41, 5.74) is 5.43. The van der Waals surface area contributed by atoms with Crippen LogP contribution in [0, 0.1) is 13.8 Å². The molecule has 0 spiro atoms. The average Bonchev–Trinajstić information content (AvgIpc) is 2.44. The van der Waals surface area contributed by atoms with Crippen LogP contribution in [0.1, 0.15) is 34.7 Å². The molecule has 0 aliphatic carbocycles. The number of ether oxygens (including phenoxy) is 1. The first kappa shape index (κ1) is 16.1. The van der Waals surface area contributed by atoms with Gasteiger partial charge in [-0.05, 0) is 42.2 Å². The monoisotopic (exact) mass is 298 g/mol. The van der Waals surface area contributed by atoms with Gasteiger partial charge in [0.15, 0.2) is 0 Å². The minimum absolute atomic E-state index is 0.248. The Balaban J connectivity index is 2.04. The highest BCUT2D eigenvalue weighted by Crippen LogP contribution is 2.25. The summed E-state index contributed by atoms with van der Waals surface area (Å²) in [6.07, 6.45) is 1.43. The molecular formula is C19H22O3. The standard InChI is InChI=1S/C19H22O3/c1-13-10-14(2)18(19(21)11-13)12-17-6-4-16(5-7-17)8-9-22-15(3)20/h4-7,10-11,21H,8-9,12H2,1-3H3. The van der Waals surface area contributed by atoms with Gasteiger partial charge >= 0.3 is 5.97 Å². The molecule has 0 heterocycles. The van der Waals surface area contributed by atoms with Crippen molar-refractivity contribution in [3.05, 3.63) is 64.2 Å². The Morgan fingerprint density at radius 2 is 1.73 bits per heavy atom. The van der Waals surface area contributed by atoms with Crippen molar-refractivity contribution in [2.75, 3.05) is 6.61 Å². The number of hydrogen-bond donors (Lipinski definition) is 1. The lowest BCUT2D eigenvalue weighted by molar-refractivity contribution is -0.140. The van der Waals surface area contributed by atoms with Gasteiger partial charge in [-0.1, -0.05) is 30.3 Å². The summed E-state index contributed by atoms with van der Waals surface area (Å²) in [7, 11) is 0. The molecule has 0 saturated carbocycles. The first-order valence-corrected chi connectivity index (χ1v) is 7.46. The van der Waals surface area contributed by atoms with Crippen molar-refractivity contribution in [3.8, 4) is 5.75 Å². The lowest BCUT2D eigenvalue weighted by Gasteiger charge is -2.10. The maximum atomic E-state index is 10.7. The van der Waals surface area contributed by atoms with Crippen molar-refractivity contribution in [1.29, 1.82) is 0 Å². The zero-order chi connectivity index (χ0) is 16.1. The summed E-state index contributed by atoms with van der Waals surface area (Å²) in [5, 5.41) is 10.1. The third-order valence-electron chi connectivity index (χ3n) is 3.69. The minimum Gasteiger partial charge on any atom is -0.508 e. The molecule has 22 heavy (non-hydrogen) atoms. The Kier molecular flexibility index (Phi) is 5.21. The molecule has 0 aliphatic rings. The van der Waals surface area contributed by atoms with Crippen molar-refractivity contribution < 1.29 is 14.6 Å². The summed E-state index contributed by atoms with van der Waals surface area (Å²) in [5.74, 6) is 0.110. The Labute approximate surface area is 131 Å². The van der Waals surface area contributed by atoms with Crippen LogP contribution in [-0.2, 0) is 22.4 Å². The molecule has 3 nitrogen and oxygen atoms in total. The molecule has 0 atom stereocenters. The van der Waals surface area contributed by atoms with Crippen molar-refractivity contribution >= 4 is 5.97 Å². The van der Waals surface area contributed by atoms with E-state index in [1.54, 1.807) is 6.07 Å². The lowest BCUT2D eigenvalue weighted by Crippen LogP contribution is -2.03. The van der Waals surface area contributed by atoms with Gasteiger partial charge in [-0.25, -0.2) is 0 Å². The molecule has 0 bridgehead atoms. The Morgan fingerprint density at radius 3 is 2.32 bits per heavy atom. The number of benzene rings is 2. The van der Waals surface area contributed by atoms with E-state index in [0.717, 1.165) is 27.8 Å². The molecule has 0 aliphatic heterocycles. The smallest absolute Gasteiger partial charge is 0.302 e. The van der Waals surface area contributed by atoms with E-state index in [4.69, 9.17) is 4.74 Å². The zero-order valence-electron chi connectivity index (χ0n) is 13.3. The molecule has 0 radical (unpaired) electrons. The maximum Gasteiger partial charge on any atom is 0.302 e. The molecule has 1 N–H and O–H groups in total. The molecular weight excluding hydrogens is 276 g/mol. The first-order valence-electron chi connectivity index (χ1n) is 7.46. The Morgan fingerprint density at radius 1 is 1.09 bits per heavy atom. The van der Waals surface area contributed by atoms with Crippen molar-refractivity contribution in [3.63, 3.8) is 0 Å². The topological polar surface area (TPSA) is 46.5 Å². The highest BCUT2D eigenvalue weighted by Gasteiger charge is 2.07. The van der Waals surface area contributed by atoms with E-state index in [1.165, 1.54) is 6.92 Å². The summed E-state index contributed by atoms with van der Waals surface area (Å²) in [6.45, 7) is 5.83. The molecule has 2 rings (SSSR count). The number of phenols is 1. The molecule has 2 aromatic rings. The van der Waals surface area contributed by atoms with Crippen LogP contribution >= 0.6 is 0 Å². The first-order chi connectivity index (χ1) is 10.5. The fourth-order valence-electron chi connectivity index (χ4n) is 2.55. The number of aromatic hydroxyl groups is 1. The summed E-state index contributed by atoms with van der Waals surface area (Å²) in [4.78, 5) is 10.7. The molecule has 2 aromatic carbocycles. The second-order valence-electron chi connectivity index (χ2n) is 5.66. The van der Waals surface area contributed by atoms with E-state index in [1.807, 2.05) is 26.0 Å². The molecule has 0 unspecified atom stereocenters. The number of esters is 1. The highest BCUT2D eigenvalue weighted by molar-refractivity contribution is 5.65. The van der Waals surface area contributed by atoms with Crippen LogP contribution in [0.3, 0.4) is 0 Å². The Bertz CT molecular complexity index is 634. The van der Waals surface area contributed by atoms with E-state index in [-0.39, 0.29) is 5.97 Å². The summed E-state index contributed by atoms with van der Waals surface area (Å²) < 4.78 is 4.94. The fourth-order valence-corrected chi connectivity index (χ4v) is 2.55. The molecule has 0 amide bonds. The molecule has 0 aromatic heterocycles. The lowest BCUT2D eigenvalue weighted by atomic mass is 9.97. The predicted octanol–water partition coefficient (Wildman–Crippen LogP) is 3.71. The number of aryl methyl sites for hydroxylation is 2. The van der Waals surface area contributed by atoms with E-state index >= 15 is 0 Å². The average molecular weight is 298 g/mol. The van der Waals surface area contributed by atoms with Crippen molar-refractivity contribution in [2.45, 2.75) is 33.6 Å². The van der Waals surface area contributed by atoms with Gasteiger partial charge < -0.3 is 9.84 Å². The van der Waals surface area contributed by atoms with E-state index in [9.17, 15) is 9.90 Å². The van der Waals surface area contributed by atoms with Gasteiger partial charge in [0.1, 0.15) is 5.75 Å². The van der Waals surface area contributed by atoms with Gasteiger partial charge in [-0.15, -0.1) is 0 Å². The van der Waals surface area contributed by atoms with Crippen LogP contribution in [0.25, 0.3) is 0 Å². The number of carbonyl (C=O) groups excluding carboxylic acids is 1. The number of rotatable bonds is 5. The highest BCUT2D eigenvalue weighted by atomic mass is 16.5. The van der Waals surface area contributed by atoms with Crippen molar-refractivity contribution in [2.24, 2.45) is 0 Å². The second kappa shape index (κ2) is 7.12. The third-order valence-corrected chi connectivity index (χ3v) is 3.69. The van der Waals surface area contributed by atoms with Crippen LogP contribution in [-0.4, -0.2) is 17.7 Å². The third kappa shape index (κ3) is 4.35. The fraction of sp³-hybridized carbons (Fsp3) is 0.316. The van der Waals surface area contributed by atoms with E-state index in [2.05, 4.69) is 18.2 Å². The van der Waals surface area contributed by atoms with Crippen molar-refractivity contribution in [1.82, 2.24) is 0 Å². The summed E-state index contributed by atoms with van der Waals surface area (Å²) >= 11 is 0. The van der Waals surface area contributed by atoms with Gasteiger partial charge in [0, 0.05) is 25.3 Å². The van der Waals surface area contributed by atoms with Gasteiger partial charge in [0.05, 0.1) is 6.61 Å². The Hall–Kier alpha value is -2.29. The van der Waals surface area contributed by atoms with Crippen LogP contribution < -0.4 is 0 Å². The molecule has 116 valence electrons. The number of carbonyl (C=O) groups is 1. The maximum absolute atomic E-state index is 10.7. The molecule has 0 fully saturated rings. The summed E-state index contributed by atoms with van der Waals surface area (Å²) in [6, 6.07) is 12.1. The zero-order valence-corrected chi connectivity index (χ0v) is 13.3. The number of phenolic OH excluding ortho intramolecular Hbond substituents is 1. The van der Waals surface area contributed by atoms with E-state index in [0.29, 0.717) is 25.2 Å². The molecule has 0 saturated heterocycles. The van der Waals surface area contributed by atoms with Crippen LogP contribution in [0.4, 0.5) is 0 Å².